The Labute approximate surface area is 227 Å². The summed E-state index contributed by atoms with van der Waals surface area (Å²) in [6.45, 7) is 13.4. The summed E-state index contributed by atoms with van der Waals surface area (Å²) in [6.07, 6.45) is 7.58. The van der Waals surface area contributed by atoms with Gasteiger partial charge in [0.1, 0.15) is 22.9 Å². The van der Waals surface area contributed by atoms with E-state index in [9.17, 15) is 4.79 Å². The number of aryl methyl sites for hydroxylation is 1. The van der Waals surface area contributed by atoms with E-state index >= 15 is 0 Å². The molecule has 0 saturated carbocycles. The van der Waals surface area contributed by atoms with Gasteiger partial charge in [-0.05, 0) is 80.5 Å². The number of nitrogens with zero attached hydrogens (tertiary/aromatic N) is 2. The molecular formula is C33H41N3O2. The molecule has 0 fully saturated rings. The normalized spacial score (nSPS) is 12.1. The van der Waals surface area contributed by atoms with Crippen molar-refractivity contribution in [2.75, 3.05) is 5.32 Å². The van der Waals surface area contributed by atoms with Crippen LogP contribution in [0, 0.1) is 5.41 Å². The molecule has 4 rings (SSSR count). The van der Waals surface area contributed by atoms with Crippen molar-refractivity contribution in [3.8, 4) is 17.0 Å². The zero-order valence-corrected chi connectivity index (χ0v) is 23.7. The Hall–Kier alpha value is -3.60. The molecule has 0 atom stereocenters. The number of nitrogens with one attached hydrogen (secondary N) is 1. The number of pyridine rings is 1. The summed E-state index contributed by atoms with van der Waals surface area (Å²) >= 11 is 0. The molecule has 0 unspecified atom stereocenters. The molecule has 0 aliphatic rings. The molecule has 1 N–H and O–H groups in total. The number of benzene rings is 2. The topological polar surface area (TPSA) is 55.6 Å². The number of ether oxygens (including phenoxy) is 1. The van der Waals surface area contributed by atoms with Crippen LogP contribution in [0.15, 0.2) is 72.9 Å². The maximum atomic E-state index is 13.1. The van der Waals surface area contributed by atoms with E-state index in [2.05, 4.69) is 51.3 Å². The lowest BCUT2D eigenvalue weighted by Gasteiger charge is -2.34. The number of anilines is 1. The first-order chi connectivity index (χ1) is 18.1. The van der Waals surface area contributed by atoms with Gasteiger partial charge in [-0.3, -0.25) is 4.40 Å². The number of carbonyl (C=O) groups is 1. The Balaban J connectivity index is 1.65. The first kappa shape index (κ1) is 27.4. The van der Waals surface area contributed by atoms with Gasteiger partial charge in [-0.25, -0.2) is 9.78 Å². The van der Waals surface area contributed by atoms with Crippen LogP contribution in [0.4, 0.5) is 5.82 Å². The van der Waals surface area contributed by atoms with E-state index in [0.717, 1.165) is 42.0 Å². The monoisotopic (exact) mass is 511 g/mol. The molecule has 38 heavy (non-hydrogen) atoms. The molecule has 2 aromatic carbocycles. The molecular weight excluding hydrogens is 470 g/mol. The third kappa shape index (κ3) is 6.83. The minimum absolute atomic E-state index is 0.149. The van der Waals surface area contributed by atoms with Gasteiger partial charge in [0.2, 0.25) is 0 Å². The highest BCUT2D eigenvalue weighted by molar-refractivity contribution is 5.92. The molecule has 5 nitrogen and oxygen atoms in total. The minimum Gasteiger partial charge on any atom is -0.422 e. The number of imidazole rings is 1. The Morgan fingerprint density at radius 3 is 2.34 bits per heavy atom. The van der Waals surface area contributed by atoms with Gasteiger partial charge < -0.3 is 10.1 Å². The first-order valence-electron chi connectivity index (χ1n) is 13.7. The number of para-hydroxylation sites is 1. The summed E-state index contributed by atoms with van der Waals surface area (Å²) in [4.78, 5) is 18.1. The van der Waals surface area contributed by atoms with Gasteiger partial charge in [-0.15, -0.1) is 0 Å². The van der Waals surface area contributed by atoms with Crippen molar-refractivity contribution in [2.24, 2.45) is 5.41 Å². The molecule has 0 aliphatic heterocycles. The number of carbonyl (C=O) groups excluding carboxylic acids is 1. The lowest BCUT2D eigenvalue weighted by atomic mass is 9.82. The van der Waals surface area contributed by atoms with Crippen LogP contribution in [0.5, 0.6) is 5.75 Å². The van der Waals surface area contributed by atoms with E-state index in [0.29, 0.717) is 11.3 Å². The van der Waals surface area contributed by atoms with Gasteiger partial charge >= 0.3 is 5.97 Å². The number of unbranched alkanes of at least 4 members (excludes halogenated alkanes) is 2. The highest BCUT2D eigenvalue weighted by Crippen LogP contribution is 2.38. The fraction of sp³-hybridized carbons (Fsp3) is 0.394. The van der Waals surface area contributed by atoms with Crippen LogP contribution in [0.2, 0.25) is 0 Å². The molecule has 2 aromatic heterocycles. The maximum Gasteiger partial charge on any atom is 0.343 e. The van der Waals surface area contributed by atoms with Crippen LogP contribution in [0.3, 0.4) is 0 Å². The minimum atomic E-state index is -0.371. The zero-order valence-electron chi connectivity index (χ0n) is 23.7. The third-order valence-electron chi connectivity index (χ3n) is 6.56. The van der Waals surface area contributed by atoms with Crippen LogP contribution < -0.4 is 10.1 Å². The van der Waals surface area contributed by atoms with E-state index < -0.39 is 0 Å². The summed E-state index contributed by atoms with van der Waals surface area (Å²) in [6, 6.07) is 21.4. The van der Waals surface area contributed by atoms with Crippen molar-refractivity contribution >= 4 is 17.4 Å². The second-order valence-electron chi connectivity index (χ2n) is 12.0. The van der Waals surface area contributed by atoms with Gasteiger partial charge in [0.05, 0.1) is 5.56 Å². The lowest BCUT2D eigenvalue weighted by molar-refractivity contribution is 0.0735. The molecule has 0 bridgehead atoms. The quantitative estimate of drug-likeness (QED) is 0.132. The number of hydrogen-bond donors (Lipinski definition) is 1. The average molecular weight is 512 g/mol. The molecule has 200 valence electrons. The summed E-state index contributed by atoms with van der Waals surface area (Å²) in [5, 5.41) is 3.76. The van der Waals surface area contributed by atoms with E-state index in [1.54, 1.807) is 0 Å². The molecule has 0 amide bonds. The van der Waals surface area contributed by atoms with Gasteiger partial charge in [-0.1, -0.05) is 70.9 Å². The van der Waals surface area contributed by atoms with Crippen molar-refractivity contribution < 1.29 is 9.53 Å². The van der Waals surface area contributed by atoms with Crippen molar-refractivity contribution in [1.82, 2.24) is 9.38 Å². The van der Waals surface area contributed by atoms with E-state index in [1.165, 1.54) is 18.4 Å². The van der Waals surface area contributed by atoms with Crippen LogP contribution >= 0.6 is 0 Å². The molecule has 5 heteroatoms. The largest absolute Gasteiger partial charge is 0.422 e. The molecule has 0 spiro atoms. The zero-order chi connectivity index (χ0) is 27.3. The fourth-order valence-electron chi connectivity index (χ4n) is 5.29. The molecule has 0 aliphatic carbocycles. The van der Waals surface area contributed by atoms with Gasteiger partial charge in [0.25, 0.3) is 0 Å². The summed E-state index contributed by atoms with van der Waals surface area (Å²) in [5.41, 5.74) is 4.10. The molecule has 4 aromatic rings. The maximum absolute atomic E-state index is 13.1. The van der Waals surface area contributed by atoms with E-state index in [1.807, 2.05) is 72.9 Å². The Bertz CT molecular complexity index is 1380. The first-order valence-corrected chi connectivity index (χ1v) is 13.7. The fourth-order valence-corrected chi connectivity index (χ4v) is 5.29. The Morgan fingerprint density at radius 1 is 0.921 bits per heavy atom. The molecule has 0 radical (unpaired) electrons. The Kier molecular flexibility index (Phi) is 8.25. The molecule has 0 saturated heterocycles. The van der Waals surface area contributed by atoms with Crippen LogP contribution in [-0.2, 0) is 6.42 Å². The highest BCUT2D eigenvalue weighted by Gasteiger charge is 2.29. The SMILES string of the molecule is CCCCCc1ccc(C(=O)Oc2ccccc2-c2nc3ccccn3c2NC(C)(C)CC(C)(C)C)cc1. The number of aromatic nitrogens is 2. The number of hydrogen-bond acceptors (Lipinski definition) is 4. The summed E-state index contributed by atoms with van der Waals surface area (Å²) in [5.74, 6) is 1.00. The second kappa shape index (κ2) is 11.4. The lowest BCUT2D eigenvalue weighted by Crippen LogP contribution is -2.36. The van der Waals surface area contributed by atoms with Crippen LogP contribution in [-0.4, -0.2) is 20.9 Å². The van der Waals surface area contributed by atoms with Crippen LogP contribution in [0.25, 0.3) is 16.9 Å². The van der Waals surface area contributed by atoms with Gasteiger partial charge in [0.15, 0.2) is 0 Å². The van der Waals surface area contributed by atoms with Gasteiger partial charge in [-0.2, -0.15) is 0 Å². The van der Waals surface area contributed by atoms with Crippen molar-refractivity contribution in [3.63, 3.8) is 0 Å². The van der Waals surface area contributed by atoms with Crippen molar-refractivity contribution in [2.45, 2.75) is 79.2 Å². The van der Waals surface area contributed by atoms with Crippen LogP contribution in [0.1, 0.15) is 83.1 Å². The number of fused-ring (bicyclic) bond motifs is 1. The number of rotatable bonds is 10. The third-order valence-corrected chi connectivity index (χ3v) is 6.56. The van der Waals surface area contributed by atoms with E-state index in [-0.39, 0.29) is 16.9 Å². The van der Waals surface area contributed by atoms with Gasteiger partial charge in [0, 0.05) is 17.3 Å². The summed E-state index contributed by atoms with van der Waals surface area (Å²) in [7, 11) is 0. The smallest absolute Gasteiger partial charge is 0.343 e. The highest BCUT2D eigenvalue weighted by atomic mass is 16.5. The molecule has 2 heterocycles. The average Bonchev–Trinajstić information content (AvgIpc) is 3.21. The Morgan fingerprint density at radius 2 is 1.63 bits per heavy atom. The van der Waals surface area contributed by atoms with Crippen molar-refractivity contribution in [3.05, 3.63) is 84.1 Å². The number of esters is 1. The van der Waals surface area contributed by atoms with Crippen molar-refractivity contribution in [1.29, 1.82) is 0 Å². The second-order valence-corrected chi connectivity index (χ2v) is 12.0. The predicted octanol–water partition coefficient (Wildman–Crippen LogP) is 8.58. The summed E-state index contributed by atoms with van der Waals surface area (Å²) < 4.78 is 8.04. The standard InChI is InChI=1S/C33H41N3O2/c1-7-8-9-14-24-18-20-25(21-19-24)31(37)38-27-16-11-10-15-26(27)29-30(35-33(5,6)23-32(2,3)4)36-22-13-12-17-28(36)34-29/h10-13,15-22,35H,7-9,14,23H2,1-6H3. The van der Waals surface area contributed by atoms with E-state index in [4.69, 9.17) is 9.72 Å². The predicted molar refractivity (Wildman–Crippen MR) is 157 cm³/mol.